The zero-order valence-electron chi connectivity index (χ0n) is 14.0. The lowest BCUT2D eigenvalue weighted by atomic mass is 10.1. The maximum absolute atomic E-state index is 12.6. The fraction of sp³-hybridized carbons (Fsp3) is 0.444. The van der Waals surface area contributed by atoms with Gasteiger partial charge in [0.15, 0.2) is 0 Å². The smallest absolute Gasteiger partial charge is 0.227 e. The highest BCUT2D eigenvalue weighted by molar-refractivity contribution is 6.32. The van der Waals surface area contributed by atoms with Gasteiger partial charge in [0.1, 0.15) is 11.9 Å². The number of nitrogens with zero attached hydrogens (tertiary/aromatic N) is 2. The van der Waals surface area contributed by atoms with Crippen LogP contribution in [0.3, 0.4) is 0 Å². The molecule has 0 saturated carbocycles. The molecule has 3 rings (SSSR count). The van der Waals surface area contributed by atoms with E-state index in [4.69, 9.17) is 16.3 Å². The van der Waals surface area contributed by atoms with E-state index in [0.29, 0.717) is 23.7 Å². The van der Waals surface area contributed by atoms with Gasteiger partial charge in [0.05, 0.1) is 23.7 Å². The highest BCUT2D eigenvalue weighted by Gasteiger charge is 2.26. The van der Waals surface area contributed by atoms with E-state index in [2.05, 4.69) is 10.2 Å². The lowest BCUT2D eigenvalue weighted by Gasteiger charge is -2.33. The molecule has 0 unspecified atom stereocenters. The summed E-state index contributed by atoms with van der Waals surface area (Å²) in [6, 6.07) is 7.45. The van der Waals surface area contributed by atoms with Gasteiger partial charge in [-0.2, -0.15) is 5.10 Å². The Hall–Kier alpha value is -2.01. The van der Waals surface area contributed by atoms with Gasteiger partial charge >= 0.3 is 0 Å². The fourth-order valence-corrected chi connectivity index (χ4v) is 3.26. The van der Waals surface area contributed by atoms with E-state index in [1.165, 1.54) is 0 Å². The Morgan fingerprint density at radius 2 is 2.21 bits per heavy atom. The first-order chi connectivity index (χ1) is 11.5. The van der Waals surface area contributed by atoms with Gasteiger partial charge in [-0.15, -0.1) is 0 Å². The maximum Gasteiger partial charge on any atom is 0.227 e. The van der Waals surface area contributed by atoms with Crippen LogP contribution in [0.1, 0.15) is 29.8 Å². The molecule has 24 heavy (non-hydrogen) atoms. The van der Waals surface area contributed by atoms with Gasteiger partial charge in [-0.3, -0.25) is 9.89 Å². The molecule has 1 aliphatic rings. The number of amides is 1. The molecule has 1 aliphatic heterocycles. The zero-order valence-corrected chi connectivity index (χ0v) is 14.8. The van der Waals surface area contributed by atoms with Crippen LogP contribution in [-0.4, -0.2) is 40.2 Å². The topological polar surface area (TPSA) is 58.2 Å². The zero-order chi connectivity index (χ0) is 17.1. The van der Waals surface area contributed by atoms with Crippen LogP contribution in [0.5, 0.6) is 5.75 Å². The van der Waals surface area contributed by atoms with Crippen molar-refractivity contribution < 1.29 is 9.53 Å². The van der Waals surface area contributed by atoms with Crippen LogP contribution >= 0.6 is 11.6 Å². The van der Waals surface area contributed by atoms with Gasteiger partial charge in [0, 0.05) is 17.8 Å². The van der Waals surface area contributed by atoms with Crippen molar-refractivity contribution in [2.45, 2.75) is 39.2 Å². The number of carbonyl (C=O) groups is 1. The van der Waals surface area contributed by atoms with Crippen molar-refractivity contribution >= 4 is 17.5 Å². The fourth-order valence-electron chi connectivity index (χ4n) is 3.08. The molecule has 128 valence electrons. The Labute approximate surface area is 147 Å². The van der Waals surface area contributed by atoms with Gasteiger partial charge in [-0.05, 0) is 38.8 Å². The number of H-pyrrole nitrogens is 1. The number of rotatable bonds is 4. The molecule has 1 aromatic carbocycles. The number of aryl methyl sites for hydroxylation is 2. The van der Waals surface area contributed by atoms with E-state index < -0.39 is 0 Å². The van der Waals surface area contributed by atoms with Gasteiger partial charge in [0.25, 0.3) is 0 Å². The molecule has 1 amide bonds. The molecule has 1 aromatic heterocycles. The number of likely N-dealkylation sites (tertiary alicyclic amines) is 1. The van der Waals surface area contributed by atoms with Crippen LogP contribution in [-0.2, 0) is 11.2 Å². The minimum atomic E-state index is -0.0193. The van der Waals surface area contributed by atoms with Crippen molar-refractivity contribution in [3.63, 3.8) is 0 Å². The summed E-state index contributed by atoms with van der Waals surface area (Å²) in [4.78, 5) is 14.5. The summed E-state index contributed by atoms with van der Waals surface area (Å²) in [6.07, 6.45) is 2.23. The molecule has 6 heteroatoms. The van der Waals surface area contributed by atoms with Crippen LogP contribution in [0.15, 0.2) is 24.3 Å². The van der Waals surface area contributed by atoms with Crippen molar-refractivity contribution in [3.05, 3.63) is 46.2 Å². The SMILES string of the molecule is Cc1n[nH]c(C)c1CC(=O)N1CCC[C@H](Oc2ccccc2Cl)C1. The minimum Gasteiger partial charge on any atom is -0.487 e. The van der Waals surface area contributed by atoms with Gasteiger partial charge in [-0.25, -0.2) is 0 Å². The van der Waals surface area contributed by atoms with E-state index in [1.54, 1.807) is 0 Å². The molecular formula is C18H22ClN3O2. The number of aromatic nitrogens is 2. The van der Waals surface area contributed by atoms with Crippen LogP contribution < -0.4 is 4.74 Å². The number of hydrogen-bond donors (Lipinski definition) is 1. The number of hydrogen-bond acceptors (Lipinski definition) is 3. The lowest BCUT2D eigenvalue weighted by Crippen LogP contribution is -2.45. The van der Waals surface area contributed by atoms with Crippen molar-refractivity contribution in [2.75, 3.05) is 13.1 Å². The van der Waals surface area contributed by atoms with E-state index in [1.807, 2.05) is 43.0 Å². The molecule has 0 aliphatic carbocycles. The molecule has 5 nitrogen and oxygen atoms in total. The molecule has 1 atom stereocenters. The highest BCUT2D eigenvalue weighted by Crippen LogP contribution is 2.26. The molecule has 0 radical (unpaired) electrons. The Bertz CT molecular complexity index is 709. The van der Waals surface area contributed by atoms with E-state index >= 15 is 0 Å². The largest absolute Gasteiger partial charge is 0.487 e. The average Bonchev–Trinajstić information content (AvgIpc) is 2.89. The Kier molecular flexibility index (Phi) is 5.09. The van der Waals surface area contributed by atoms with Crippen LogP contribution in [0.4, 0.5) is 0 Å². The molecule has 1 saturated heterocycles. The van der Waals surface area contributed by atoms with Gasteiger partial charge < -0.3 is 9.64 Å². The summed E-state index contributed by atoms with van der Waals surface area (Å²) < 4.78 is 6.00. The number of halogens is 1. The first-order valence-corrected chi connectivity index (χ1v) is 8.62. The van der Waals surface area contributed by atoms with Crippen LogP contribution in [0, 0.1) is 13.8 Å². The quantitative estimate of drug-likeness (QED) is 0.923. The molecule has 2 heterocycles. The molecule has 0 bridgehead atoms. The first-order valence-electron chi connectivity index (χ1n) is 8.24. The normalized spacial score (nSPS) is 17.8. The highest BCUT2D eigenvalue weighted by atomic mass is 35.5. The monoisotopic (exact) mass is 347 g/mol. The van der Waals surface area contributed by atoms with Crippen molar-refractivity contribution in [1.29, 1.82) is 0 Å². The average molecular weight is 348 g/mol. The molecule has 2 aromatic rings. The second kappa shape index (κ2) is 7.26. The maximum atomic E-state index is 12.6. The Morgan fingerprint density at radius 1 is 1.42 bits per heavy atom. The van der Waals surface area contributed by atoms with E-state index in [9.17, 15) is 4.79 Å². The molecule has 1 N–H and O–H groups in total. The predicted molar refractivity (Wildman–Crippen MR) is 93.4 cm³/mol. The van der Waals surface area contributed by atoms with Crippen LogP contribution in [0.2, 0.25) is 5.02 Å². The summed E-state index contributed by atoms with van der Waals surface area (Å²) in [7, 11) is 0. The number of carbonyl (C=O) groups excluding carboxylic acids is 1. The van der Waals surface area contributed by atoms with E-state index in [0.717, 1.165) is 36.3 Å². The molecule has 0 spiro atoms. The van der Waals surface area contributed by atoms with Crippen molar-refractivity contribution in [1.82, 2.24) is 15.1 Å². The third-order valence-corrected chi connectivity index (χ3v) is 4.78. The van der Waals surface area contributed by atoms with Crippen molar-refractivity contribution in [3.8, 4) is 5.75 Å². The Morgan fingerprint density at radius 3 is 2.92 bits per heavy atom. The third kappa shape index (κ3) is 3.73. The third-order valence-electron chi connectivity index (χ3n) is 4.47. The van der Waals surface area contributed by atoms with Gasteiger partial charge in [0.2, 0.25) is 5.91 Å². The summed E-state index contributed by atoms with van der Waals surface area (Å²) in [6.45, 7) is 5.24. The number of benzene rings is 1. The number of aromatic amines is 1. The lowest BCUT2D eigenvalue weighted by molar-refractivity contribution is -0.133. The summed E-state index contributed by atoms with van der Waals surface area (Å²) in [5.74, 6) is 0.801. The Balaban J connectivity index is 1.63. The van der Waals surface area contributed by atoms with Gasteiger partial charge in [-0.1, -0.05) is 23.7 Å². The van der Waals surface area contributed by atoms with Crippen LogP contribution in [0.25, 0.3) is 0 Å². The number of para-hydroxylation sites is 1. The number of piperidine rings is 1. The summed E-state index contributed by atoms with van der Waals surface area (Å²) in [5.41, 5.74) is 2.84. The minimum absolute atomic E-state index is 0.0193. The number of ether oxygens (including phenoxy) is 1. The standard InChI is InChI=1S/C18H22ClN3O2/c1-12-15(13(2)21-20-12)10-18(23)22-9-5-6-14(11-22)24-17-8-4-3-7-16(17)19/h3-4,7-8,14H,5-6,9-11H2,1-2H3,(H,20,21)/t14-/m0/s1. The first kappa shape index (κ1) is 16.8. The second-order valence-electron chi connectivity index (χ2n) is 6.24. The van der Waals surface area contributed by atoms with E-state index in [-0.39, 0.29) is 12.0 Å². The summed E-state index contributed by atoms with van der Waals surface area (Å²) >= 11 is 6.16. The molecular weight excluding hydrogens is 326 g/mol. The summed E-state index contributed by atoms with van der Waals surface area (Å²) in [5, 5.41) is 7.69. The van der Waals surface area contributed by atoms with Crippen molar-refractivity contribution in [2.24, 2.45) is 0 Å². The predicted octanol–water partition coefficient (Wildman–Crippen LogP) is 3.29. The number of nitrogens with one attached hydrogen (secondary N) is 1. The molecule has 1 fully saturated rings. The second-order valence-corrected chi connectivity index (χ2v) is 6.65.